The fourth-order valence-corrected chi connectivity index (χ4v) is 4.93. The number of nitrogens with zero attached hydrogens (tertiary/aromatic N) is 3. The molecule has 2 amide bonds. The van der Waals surface area contributed by atoms with Gasteiger partial charge in [-0.3, -0.25) is 18.8 Å². The summed E-state index contributed by atoms with van der Waals surface area (Å²) in [5.41, 5.74) is 7.33. The molecule has 0 bridgehead atoms. The van der Waals surface area contributed by atoms with E-state index in [4.69, 9.17) is 5.73 Å². The van der Waals surface area contributed by atoms with Gasteiger partial charge in [-0.25, -0.2) is 0 Å². The number of rotatable bonds is 5. The van der Waals surface area contributed by atoms with Gasteiger partial charge in [-0.1, -0.05) is 43.5 Å². The van der Waals surface area contributed by atoms with Gasteiger partial charge in [0.15, 0.2) is 11.3 Å². The molecule has 1 aromatic carbocycles. The van der Waals surface area contributed by atoms with Crippen LogP contribution in [-0.4, -0.2) is 51.1 Å². The molecule has 8 nitrogen and oxygen atoms in total. The summed E-state index contributed by atoms with van der Waals surface area (Å²) in [5, 5.41) is 4.00. The number of H-pyrrole nitrogens is 1. The molecule has 0 unspecified atom stereocenters. The van der Waals surface area contributed by atoms with E-state index in [0.29, 0.717) is 11.6 Å². The molecule has 3 aromatic rings. The number of nitrogens with two attached hydrogens (primary N) is 1. The second-order valence-corrected chi connectivity index (χ2v) is 9.06. The van der Waals surface area contributed by atoms with Crippen molar-refractivity contribution in [1.82, 2.24) is 19.5 Å². The van der Waals surface area contributed by atoms with Crippen LogP contribution in [0, 0.1) is 5.92 Å². The van der Waals surface area contributed by atoms with Crippen LogP contribution in [0.5, 0.6) is 0 Å². The van der Waals surface area contributed by atoms with Crippen molar-refractivity contribution in [3.63, 3.8) is 0 Å². The Labute approximate surface area is 189 Å². The Bertz CT molecular complexity index is 1270. The Hall–Kier alpha value is -3.49. The first kappa shape index (κ1) is 21.4. The minimum Gasteiger partial charge on any atom is -0.364 e. The van der Waals surface area contributed by atoms with E-state index in [-0.39, 0.29) is 35.9 Å². The van der Waals surface area contributed by atoms with Crippen LogP contribution in [0.1, 0.15) is 64.4 Å². The normalized spacial score (nSPS) is 17.3. The van der Waals surface area contributed by atoms with Gasteiger partial charge < -0.3 is 15.6 Å². The number of aromatic amines is 1. The van der Waals surface area contributed by atoms with Gasteiger partial charge in [0.05, 0.1) is 12.4 Å². The van der Waals surface area contributed by atoms with E-state index in [2.05, 4.69) is 22.2 Å². The topological polar surface area (TPSA) is 114 Å². The minimum atomic E-state index is -0.907. The summed E-state index contributed by atoms with van der Waals surface area (Å²) in [5.74, 6) is -1.05. The van der Waals surface area contributed by atoms with Crippen LogP contribution in [0.2, 0.25) is 0 Å². The van der Waals surface area contributed by atoms with Crippen LogP contribution in [0.15, 0.2) is 35.1 Å². The van der Waals surface area contributed by atoms with Gasteiger partial charge in [0, 0.05) is 25.1 Å². The lowest BCUT2D eigenvalue weighted by Crippen LogP contribution is -2.51. The van der Waals surface area contributed by atoms with E-state index < -0.39 is 24.0 Å². The number of carbonyl (C=O) groups excluding carboxylic acids is 2. The second kappa shape index (κ2) is 8.46. The van der Waals surface area contributed by atoms with E-state index in [9.17, 15) is 18.8 Å². The second-order valence-electron chi connectivity index (χ2n) is 9.06. The summed E-state index contributed by atoms with van der Waals surface area (Å²) in [4.78, 5) is 42.4. The van der Waals surface area contributed by atoms with Gasteiger partial charge in [-0.15, -0.1) is 0 Å². The Morgan fingerprint density at radius 1 is 1.12 bits per heavy atom. The average molecular weight is 452 g/mol. The summed E-state index contributed by atoms with van der Waals surface area (Å²) in [6.07, 6.45) is 6.18. The number of carbonyl (C=O) groups is 2. The summed E-state index contributed by atoms with van der Waals surface area (Å²) in [6.45, 7) is -0.0199. The van der Waals surface area contributed by atoms with Crippen molar-refractivity contribution in [1.29, 1.82) is 0 Å². The molecule has 2 aromatic heterocycles. The van der Waals surface area contributed by atoms with Crippen molar-refractivity contribution in [3.8, 4) is 11.3 Å². The van der Waals surface area contributed by atoms with Crippen molar-refractivity contribution in [3.05, 3.63) is 57.5 Å². The van der Waals surface area contributed by atoms with Crippen LogP contribution in [0.25, 0.3) is 16.9 Å². The maximum absolute atomic E-state index is 13.1. The number of primary amides is 1. The number of aromatic nitrogens is 3. The van der Waals surface area contributed by atoms with Gasteiger partial charge in [0.25, 0.3) is 17.4 Å². The van der Waals surface area contributed by atoms with Crippen molar-refractivity contribution in [2.75, 3.05) is 19.8 Å². The molecule has 9 heteroatoms. The lowest BCUT2D eigenvalue weighted by Gasteiger charge is -2.37. The Balaban J connectivity index is 1.54. The highest BCUT2D eigenvalue weighted by Crippen LogP contribution is 2.33. The van der Waals surface area contributed by atoms with E-state index in [1.165, 1.54) is 48.6 Å². The number of halogens is 1. The molecule has 33 heavy (non-hydrogen) atoms. The third-order valence-electron chi connectivity index (χ3n) is 6.82. The largest absolute Gasteiger partial charge is 0.364 e. The Morgan fingerprint density at radius 3 is 2.45 bits per heavy atom. The first-order valence-corrected chi connectivity index (χ1v) is 11.4. The van der Waals surface area contributed by atoms with Crippen LogP contribution >= 0.6 is 0 Å². The quantitative estimate of drug-likeness (QED) is 0.621. The third-order valence-corrected chi connectivity index (χ3v) is 6.82. The number of fused-ring (bicyclic) bond motifs is 1. The molecule has 0 atom stereocenters. The molecule has 3 heterocycles. The monoisotopic (exact) mass is 451 g/mol. The molecule has 0 radical (unpaired) electrons. The fraction of sp³-hybridized carbons (Fsp3) is 0.417. The maximum Gasteiger partial charge on any atom is 0.274 e. The Morgan fingerprint density at radius 2 is 1.82 bits per heavy atom. The molecule has 172 valence electrons. The summed E-state index contributed by atoms with van der Waals surface area (Å²) >= 11 is 0. The van der Waals surface area contributed by atoms with Gasteiger partial charge in [-0.2, -0.15) is 9.61 Å². The van der Waals surface area contributed by atoms with Crippen LogP contribution in [-0.2, 0) is 0 Å². The Kier molecular flexibility index (Phi) is 5.47. The highest BCUT2D eigenvalue weighted by molar-refractivity contribution is 6.10. The number of alkyl halides is 1. The molecular formula is C24H26FN5O3. The van der Waals surface area contributed by atoms with E-state index >= 15 is 0 Å². The van der Waals surface area contributed by atoms with Crippen LogP contribution in [0.4, 0.5) is 4.39 Å². The standard InChI is InChI=1S/C24H26FN5O3/c25-11-14-12-29(13-14)24(33)20-21(22(26)32)28-30-19(31)10-18(27-23(20)30)17-8-6-16(7-9-17)15-4-2-1-3-5-15/h6-10,14-15,27H,1-5,11-13H2,(H2,26,32). The van der Waals surface area contributed by atoms with Crippen LogP contribution < -0.4 is 11.3 Å². The molecular weight excluding hydrogens is 425 g/mol. The molecule has 1 aliphatic heterocycles. The summed E-state index contributed by atoms with van der Waals surface area (Å²) in [7, 11) is 0. The number of benzene rings is 1. The van der Waals surface area contributed by atoms with Crippen molar-refractivity contribution < 1.29 is 14.0 Å². The molecule has 0 spiro atoms. The van der Waals surface area contributed by atoms with Gasteiger partial charge >= 0.3 is 0 Å². The average Bonchev–Trinajstić information content (AvgIpc) is 3.19. The van der Waals surface area contributed by atoms with Gasteiger partial charge in [0.2, 0.25) is 0 Å². The van der Waals surface area contributed by atoms with E-state index in [1.807, 2.05) is 12.1 Å². The molecule has 1 aliphatic carbocycles. The lowest BCUT2D eigenvalue weighted by molar-refractivity contribution is 0.0452. The number of hydrogen-bond acceptors (Lipinski definition) is 4. The lowest BCUT2D eigenvalue weighted by atomic mass is 9.84. The van der Waals surface area contributed by atoms with Crippen molar-refractivity contribution in [2.45, 2.75) is 38.0 Å². The first-order chi connectivity index (χ1) is 16.0. The van der Waals surface area contributed by atoms with Gasteiger partial charge in [0.1, 0.15) is 5.56 Å². The van der Waals surface area contributed by atoms with E-state index in [0.717, 1.165) is 10.1 Å². The van der Waals surface area contributed by atoms with Gasteiger partial charge in [-0.05, 0) is 29.9 Å². The number of likely N-dealkylation sites (tertiary alicyclic amines) is 1. The fourth-order valence-electron chi connectivity index (χ4n) is 4.93. The summed E-state index contributed by atoms with van der Waals surface area (Å²) in [6, 6.07) is 9.47. The molecule has 1 saturated heterocycles. The first-order valence-electron chi connectivity index (χ1n) is 11.4. The maximum atomic E-state index is 13.1. The zero-order valence-corrected chi connectivity index (χ0v) is 18.2. The minimum absolute atomic E-state index is 0.0578. The predicted octanol–water partition coefficient (Wildman–Crippen LogP) is 2.88. The smallest absolute Gasteiger partial charge is 0.274 e. The SMILES string of the molecule is NC(=O)c1nn2c(=O)cc(-c3ccc(C4CCCCC4)cc3)[nH]c2c1C(=O)N1CC(CF)C1. The zero-order chi connectivity index (χ0) is 23.1. The number of amides is 2. The molecule has 2 aliphatic rings. The highest BCUT2D eigenvalue weighted by Gasteiger charge is 2.35. The predicted molar refractivity (Wildman–Crippen MR) is 121 cm³/mol. The highest BCUT2D eigenvalue weighted by atomic mass is 19.1. The van der Waals surface area contributed by atoms with Crippen molar-refractivity contribution in [2.24, 2.45) is 11.7 Å². The number of nitrogens with one attached hydrogen (secondary N) is 1. The van der Waals surface area contributed by atoms with Crippen LogP contribution in [0.3, 0.4) is 0 Å². The van der Waals surface area contributed by atoms with E-state index in [1.54, 1.807) is 0 Å². The summed E-state index contributed by atoms with van der Waals surface area (Å²) < 4.78 is 13.8. The molecule has 3 N–H and O–H groups in total. The molecule has 1 saturated carbocycles. The number of hydrogen-bond donors (Lipinski definition) is 2. The molecule has 5 rings (SSSR count). The molecule has 2 fully saturated rings. The third kappa shape index (κ3) is 3.81. The zero-order valence-electron chi connectivity index (χ0n) is 18.2. The van der Waals surface area contributed by atoms with Crippen molar-refractivity contribution >= 4 is 17.5 Å².